The highest BCUT2D eigenvalue weighted by Crippen LogP contribution is 2.39. The van der Waals surface area contributed by atoms with E-state index in [-0.39, 0.29) is 0 Å². The number of hydrogen-bond donors (Lipinski definition) is 0. The maximum absolute atomic E-state index is 10.8. The van der Waals surface area contributed by atoms with Crippen LogP contribution in [-0.4, -0.2) is 6.29 Å². The molecule has 2 rings (SSSR count). The van der Waals surface area contributed by atoms with Crippen LogP contribution in [0.5, 0.6) is 0 Å². The lowest BCUT2D eigenvalue weighted by Crippen LogP contribution is -1.87. The zero-order chi connectivity index (χ0) is 13.3. The van der Waals surface area contributed by atoms with Gasteiger partial charge in [-0.25, -0.2) is 0 Å². The van der Waals surface area contributed by atoms with E-state index in [4.69, 9.17) is 46.4 Å². The zero-order valence-corrected chi connectivity index (χ0v) is 11.9. The molecular formula is C13H6Cl4O. The van der Waals surface area contributed by atoms with Gasteiger partial charge in [0.2, 0.25) is 0 Å². The fourth-order valence-corrected chi connectivity index (χ4v) is 2.61. The average Bonchev–Trinajstić information content (AvgIpc) is 2.34. The molecule has 0 aliphatic heterocycles. The van der Waals surface area contributed by atoms with E-state index in [1.165, 1.54) is 0 Å². The number of aldehydes is 1. The van der Waals surface area contributed by atoms with Crippen molar-refractivity contribution in [2.75, 3.05) is 0 Å². The maximum Gasteiger partial charge on any atom is 0.150 e. The highest BCUT2D eigenvalue weighted by molar-refractivity contribution is 6.46. The molecule has 0 aliphatic rings. The molecule has 5 heteroatoms. The molecule has 92 valence electrons. The van der Waals surface area contributed by atoms with Crippen LogP contribution in [-0.2, 0) is 0 Å². The molecule has 0 bridgehead atoms. The molecule has 0 atom stereocenters. The van der Waals surface area contributed by atoms with E-state index in [1.54, 1.807) is 30.3 Å². The van der Waals surface area contributed by atoms with Crippen LogP contribution in [0, 0.1) is 0 Å². The van der Waals surface area contributed by atoms with Gasteiger partial charge in [0.05, 0.1) is 10.0 Å². The van der Waals surface area contributed by atoms with Gasteiger partial charge >= 0.3 is 0 Å². The van der Waals surface area contributed by atoms with Gasteiger partial charge in [0.15, 0.2) is 0 Å². The van der Waals surface area contributed by atoms with Crippen molar-refractivity contribution in [3.05, 3.63) is 56.0 Å². The van der Waals surface area contributed by atoms with Gasteiger partial charge in [-0.1, -0.05) is 46.4 Å². The Labute approximate surface area is 124 Å². The first-order valence-corrected chi connectivity index (χ1v) is 6.43. The molecule has 1 nitrogen and oxygen atoms in total. The van der Waals surface area contributed by atoms with Crippen LogP contribution >= 0.6 is 46.4 Å². The third-order valence-corrected chi connectivity index (χ3v) is 3.73. The van der Waals surface area contributed by atoms with E-state index >= 15 is 0 Å². The fraction of sp³-hybridized carbons (Fsp3) is 0. The lowest BCUT2D eigenvalue weighted by Gasteiger charge is -2.09. The second-order valence-corrected chi connectivity index (χ2v) is 5.24. The Morgan fingerprint density at radius 2 is 1.56 bits per heavy atom. The van der Waals surface area contributed by atoms with E-state index in [2.05, 4.69) is 0 Å². The standard InChI is InChI=1S/C13H6Cl4O/c14-9-4-7(6-18)3-8(5-9)12-10(15)1-2-11(16)13(12)17/h1-6H. The summed E-state index contributed by atoms with van der Waals surface area (Å²) in [7, 11) is 0. The van der Waals surface area contributed by atoms with Gasteiger partial charge in [-0.05, 0) is 35.9 Å². The Hall–Kier alpha value is -0.730. The van der Waals surface area contributed by atoms with Crippen molar-refractivity contribution in [3.63, 3.8) is 0 Å². The molecular weight excluding hydrogens is 314 g/mol. The molecule has 0 saturated heterocycles. The summed E-state index contributed by atoms with van der Waals surface area (Å²) in [4.78, 5) is 10.8. The summed E-state index contributed by atoms with van der Waals surface area (Å²) >= 11 is 24.1. The van der Waals surface area contributed by atoms with E-state index < -0.39 is 0 Å². The molecule has 0 fully saturated rings. The lowest BCUT2D eigenvalue weighted by atomic mass is 10.0. The highest BCUT2D eigenvalue weighted by atomic mass is 35.5. The normalized spacial score (nSPS) is 10.4. The largest absolute Gasteiger partial charge is 0.298 e. The Kier molecular flexibility index (Phi) is 4.18. The summed E-state index contributed by atoms with van der Waals surface area (Å²) in [5.74, 6) is 0. The maximum atomic E-state index is 10.8. The molecule has 0 N–H and O–H groups in total. The van der Waals surface area contributed by atoms with Crippen LogP contribution in [0.15, 0.2) is 30.3 Å². The van der Waals surface area contributed by atoms with Gasteiger partial charge in [0.25, 0.3) is 0 Å². The predicted octanol–water partition coefficient (Wildman–Crippen LogP) is 5.78. The van der Waals surface area contributed by atoms with Crippen LogP contribution in [0.25, 0.3) is 11.1 Å². The second-order valence-electron chi connectivity index (χ2n) is 3.61. The molecule has 0 aliphatic carbocycles. The molecule has 0 unspecified atom stereocenters. The fourth-order valence-electron chi connectivity index (χ4n) is 1.62. The number of carbonyl (C=O) groups is 1. The van der Waals surface area contributed by atoms with Crippen molar-refractivity contribution in [2.45, 2.75) is 0 Å². The summed E-state index contributed by atoms with van der Waals surface area (Å²) in [6.07, 6.45) is 0.710. The molecule has 0 amide bonds. The molecule has 0 aromatic heterocycles. The lowest BCUT2D eigenvalue weighted by molar-refractivity contribution is 0.112. The monoisotopic (exact) mass is 318 g/mol. The van der Waals surface area contributed by atoms with Crippen LogP contribution in [0.4, 0.5) is 0 Å². The minimum absolute atomic E-state index is 0.336. The van der Waals surface area contributed by atoms with E-state index in [0.29, 0.717) is 43.1 Å². The summed E-state index contributed by atoms with van der Waals surface area (Å²) < 4.78 is 0. The van der Waals surface area contributed by atoms with Gasteiger partial charge in [0.1, 0.15) is 6.29 Å². The van der Waals surface area contributed by atoms with Crippen LogP contribution in [0.2, 0.25) is 20.1 Å². The number of hydrogen-bond acceptors (Lipinski definition) is 1. The van der Waals surface area contributed by atoms with Gasteiger partial charge in [-0.15, -0.1) is 0 Å². The van der Waals surface area contributed by atoms with E-state index in [0.717, 1.165) is 0 Å². The number of carbonyl (C=O) groups excluding carboxylic acids is 1. The molecule has 0 heterocycles. The van der Waals surface area contributed by atoms with E-state index in [1.807, 2.05) is 0 Å². The quantitative estimate of drug-likeness (QED) is 0.506. The predicted molar refractivity (Wildman–Crippen MR) is 77.3 cm³/mol. The van der Waals surface area contributed by atoms with Crippen molar-refractivity contribution >= 4 is 52.7 Å². The van der Waals surface area contributed by atoms with Crippen molar-refractivity contribution in [1.29, 1.82) is 0 Å². The van der Waals surface area contributed by atoms with Gasteiger partial charge in [-0.3, -0.25) is 4.79 Å². The molecule has 18 heavy (non-hydrogen) atoms. The molecule has 0 saturated carbocycles. The minimum atomic E-state index is 0.336. The Morgan fingerprint density at radius 1 is 0.889 bits per heavy atom. The zero-order valence-electron chi connectivity index (χ0n) is 8.88. The van der Waals surface area contributed by atoms with Crippen molar-refractivity contribution in [1.82, 2.24) is 0 Å². The first kappa shape index (κ1) is 13.7. The van der Waals surface area contributed by atoms with Crippen molar-refractivity contribution in [2.24, 2.45) is 0 Å². The highest BCUT2D eigenvalue weighted by Gasteiger charge is 2.13. The Bertz CT molecular complexity index is 623. The summed E-state index contributed by atoms with van der Waals surface area (Å²) in [5, 5.41) is 1.61. The number of benzene rings is 2. The molecule has 0 spiro atoms. The van der Waals surface area contributed by atoms with Gasteiger partial charge < -0.3 is 0 Å². The smallest absolute Gasteiger partial charge is 0.150 e. The minimum Gasteiger partial charge on any atom is -0.298 e. The molecule has 0 radical (unpaired) electrons. The van der Waals surface area contributed by atoms with Crippen molar-refractivity contribution in [3.8, 4) is 11.1 Å². The Morgan fingerprint density at radius 3 is 2.22 bits per heavy atom. The first-order valence-electron chi connectivity index (χ1n) is 4.92. The third kappa shape index (κ3) is 2.65. The number of halogens is 4. The van der Waals surface area contributed by atoms with E-state index in [9.17, 15) is 4.79 Å². The summed E-state index contributed by atoms with van der Waals surface area (Å²) in [6.45, 7) is 0. The van der Waals surface area contributed by atoms with Gasteiger partial charge in [0, 0.05) is 21.2 Å². The topological polar surface area (TPSA) is 17.1 Å². The SMILES string of the molecule is O=Cc1cc(Cl)cc(-c2c(Cl)ccc(Cl)c2Cl)c1. The molecule has 2 aromatic carbocycles. The summed E-state index contributed by atoms with van der Waals surface area (Å²) in [5.41, 5.74) is 1.67. The Balaban J connectivity index is 2.72. The van der Waals surface area contributed by atoms with Crippen LogP contribution < -0.4 is 0 Å². The second kappa shape index (κ2) is 5.50. The number of rotatable bonds is 2. The van der Waals surface area contributed by atoms with Crippen LogP contribution in [0.3, 0.4) is 0 Å². The first-order chi connectivity index (χ1) is 8.52. The summed E-state index contributed by atoms with van der Waals surface area (Å²) in [6, 6.07) is 8.15. The van der Waals surface area contributed by atoms with Crippen LogP contribution in [0.1, 0.15) is 10.4 Å². The van der Waals surface area contributed by atoms with Gasteiger partial charge in [-0.2, -0.15) is 0 Å². The third-order valence-electron chi connectivity index (χ3n) is 2.39. The molecule has 2 aromatic rings. The van der Waals surface area contributed by atoms with Crippen molar-refractivity contribution < 1.29 is 4.79 Å². The average molecular weight is 320 g/mol.